The van der Waals surface area contributed by atoms with Crippen LogP contribution in [0.2, 0.25) is 0 Å². The molecule has 0 spiro atoms. The van der Waals surface area contributed by atoms with E-state index in [0.29, 0.717) is 56.6 Å². The summed E-state index contributed by atoms with van der Waals surface area (Å²) in [5, 5.41) is 15.5. The van der Waals surface area contributed by atoms with Gasteiger partial charge in [-0.1, -0.05) is 79.2 Å². The summed E-state index contributed by atoms with van der Waals surface area (Å²) >= 11 is 0. The number of nitrogens with zero attached hydrogens (tertiary/aromatic N) is 1. The maximum atomic E-state index is 13.2. The van der Waals surface area contributed by atoms with Gasteiger partial charge in [-0.2, -0.15) is 0 Å². The van der Waals surface area contributed by atoms with Crippen molar-refractivity contribution in [3.05, 3.63) is 119 Å². The van der Waals surface area contributed by atoms with Crippen LogP contribution in [0, 0.1) is 0 Å². The number of ether oxygens (including phenoxy) is 3. The number of para-hydroxylation sites is 2. The Morgan fingerprint density at radius 3 is 2.29 bits per heavy atom. The number of amides is 2. The summed E-state index contributed by atoms with van der Waals surface area (Å²) in [5.74, 6) is -0.303. The molecule has 0 saturated carbocycles. The van der Waals surface area contributed by atoms with Crippen molar-refractivity contribution in [2.75, 3.05) is 24.1 Å². The Morgan fingerprint density at radius 1 is 0.828 bits per heavy atom. The van der Waals surface area contributed by atoms with Gasteiger partial charge in [-0.3, -0.25) is 19.3 Å². The monoisotopic (exact) mass is 790 g/mol. The number of anilines is 2. The Bertz CT molecular complexity index is 2000. The van der Waals surface area contributed by atoms with Gasteiger partial charge in [-0.25, -0.2) is 0 Å². The van der Waals surface area contributed by atoms with E-state index in [4.69, 9.17) is 19.9 Å². The number of carbonyl (C=O) groups excluding carboxylic acids is 3. The van der Waals surface area contributed by atoms with E-state index in [-0.39, 0.29) is 42.6 Å². The lowest BCUT2D eigenvalue weighted by Crippen LogP contribution is -2.45. The molecule has 5 N–H and O–H groups in total. The van der Waals surface area contributed by atoms with Crippen molar-refractivity contribution in [3.63, 3.8) is 0 Å². The third kappa shape index (κ3) is 12.2. The van der Waals surface area contributed by atoms with E-state index < -0.39 is 11.9 Å². The van der Waals surface area contributed by atoms with E-state index >= 15 is 0 Å². The van der Waals surface area contributed by atoms with E-state index in [2.05, 4.69) is 33.7 Å². The highest BCUT2D eigenvalue weighted by atomic mass is 16.7. The number of hydrogen-bond donors (Lipinski definition) is 4. The van der Waals surface area contributed by atoms with E-state index in [9.17, 15) is 19.5 Å². The van der Waals surface area contributed by atoms with Gasteiger partial charge >= 0.3 is 5.97 Å². The number of benzene rings is 4. The smallest absolute Gasteiger partial charge is 0.323 e. The zero-order valence-corrected chi connectivity index (χ0v) is 34.0. The van der Waals surface area contributed by atoms with Crippen molar-refractivity contribution < 1.29 is 33.7 Å². The summed E-state index contributed by atoms with van der Waals surface area (Å²) in [5.41, 5.74) is 12.2. The molecule has 2 amide bonds. The normalized spacial score (nSPS) is 19.7. The van der Waals surface area contributed by atoms with Crippen molar-refractivity contribution in [2.24, 2.45) is 0 Å². The van der Waals surface area contributed by atoms with Gasteiger partial charge in [0.1, 0.15) is 11.6 Å². The number of hydrogen-bond acceptors (Lipinski definition) is 9. The summed E-state index contributed by atoms with van der Waals surface area (Å²) < 4.78 is 19.1. The summed E-state index contributed by atoms with van der Waals surface area (Å²) in [6, 6.07) is 31.0. The van der Waals surface area contributed by atoms with Crippen molar-refractivity contribution in [1.82, 2.24) is 10.2 Å². The molecule has 0 bridgehead atoms. The van der Waals surface area contributed by atoms with Crippen LogP contribution in [0.3, 0.4) is 0 Å². The molecule has 58 heavy (non-hydrogen) atoms. The quantitative estimate of drug-likeness (QED) is 0.0503. The van der Waals surface area contributed by atoms with Gasteiger partial charge in [0.05, 0.1) is 30.2 Å². The van der Waals surface area contributed by atoms with Crippen molar-refractivity contribution in [1.29, 1.82) is 0 Å². The van der Waals surface area contributed by atoms with E-state index in [1.54, 1.807) is 12.1 Å². The Labute approximate surface area is 342 Å². The molecule has 2 aliphatic heterocycles. The number of aliphatic hydroxyl groups excluding tert-OH is 1. The van der Waals surface area contributed by atoms with Crippen LogP contribution in [0.4, 0.5) is 11.4 Å². The summed E-state index contributed by atoms with van der Waals surface area (Å²) in [6.07, 6.45) is 4.10. The first-order valence-corrected chi connectivity index (χ1v) is 20.5. The standard InChI is InChI=1S/C47H58N4O7/c1-47(2,3)58-45(55)41-18-11-25-51(41)30-38-28-42(34-23-21-32(31-52)22-24-34)57-46(56-38)37-15-10-14-36(27-37)35-13-9-12-33(26-35)29-49-43(53)19-5-4-6-20-44(54)50-40-17-8-7-16-39(40)48/h7-10,12-17,21-24,26-27,38,41-42,46,52H,4-6,11,18-20,25,28-31,48H2,1-3H3,(H,49,53)(H,50,54)/t38-,41-,42+,46+/m0/s1. The molecule has 4 aromatic carbocycles. The molecular weight excluding hydrogens is 733 g/mol. The topological polar surface area (TPSA) is 152 Å². The van der Waals surface area contributed by atoms with Crippen LogP contribution in [-0.2, 0) is 41.7 Å². The summed E-state index contributed by atoms with van der Waals surface area (Å²) in [7, 11) is 0. The number of nitrogen functional groups attached to an aromatic ring is 1. The number of esters is 1. The minimum absolute atomic E-state index is 0.0260. The zero-order valence-electron chi connectivity index (χ0n) is 34.0. The number of unbranched alkanes of at least 4 members (excludes halogenated alkanes) is 2. The third-order valence-corrected chi connectivity index (χ3v) is 10.5. The van der Waals surface area contributed by atoms with Crippen LogP contribution in [0.15, 0.2) is 97.1 Å². The number of aliphatic hydroxyl groups is 1. The van der Waals surface area contributed by atoms with Crippen molar-refractivity contribution in [3.8, 4) is 11.1 Å². The lowest BCUT2D eigenvalue weighted by Gasteiger charge is -2.38. The molecule has 2 aliphatic rings. The molecule has 0 unspecified atom stereocenters. The number of rotatable bonds is 16. The summed E-state index contributed by atoms with van der Waals surface area (Å²) in [4.78, 5) is 40.3. The average molecular weight is 791 g/mol. The molecule has 2 saturated heterocycles. The zero-order chi connectivity index (χ0) is 41.1. The van der Waals surface area contributed by atoms with E-state index in [0.717, 1.165) is 59.2 Å². The minimum atomic E-state index is -0.650. The number of nitrogens with one attached hydrogen (secondary N) is 2. The highest BCUT2D eigenvalue weighted by molar-refractivity contribution is 5.93. The van der Waals surface area contributed by atoms with Gasteiger partial charge in [0.2, 0.25) is 11.8 Å². The molecule has 2 fully saturated rings. The highest BCUT2D eigenvalue weighted by Crippen LogP contribution is 2.40. The molecule has 4 atom stereocenters. The predicted octanol–water partition coefficient (Wildman–Crippen LogP) is 7.99. The van der Waals surface area contributed by atoms with Crippen LogP contribution in [-0.4, -0.2) is 58.6 Å². The second-order valence-electron chi connectivity index (χ2n) is 16.3. The number of likely N-dealkylation sites (tertiary alicyclic amines) is 1. The molecule has 4 aromatic rings. The molecule has 0 aliphatic carbocycles. The van der Waals surface area contributed by atoms with Crippen LogP contribution < -0.4 is 16.4 Å². The third-order valence-electron chi connectivity index (χ3n) is 10.5. The summed E-state index contributed by atoms with van der Waals surface area (Å²) in [6.45, 7) is 7.43. The molecular formula is C47H58N4O7. The van der Waals surface area contributed by atoms with E-state index in [1.807, 2.05) is 87.5 Å². The lowest BCUT2D eigenvalue weighted by molar-refractivity contribution is -0.253. The highest BCUT2D eigenvalue weighted by Gasteiger charge is 2.39. The van der Waals surface area contributed by atoms with Gasteiger partial charge in [-0.15, -0.1) is 0 Å². The fourth-order valence-corrected chi connectivity index (χ4v) is 7.56. The SMILES string of the molecule is CC(C)(C)OC(=O)[C@@H]1CCCN1C[C@@H]1C[C@H](c2ccc(CO)cc2)O[C@H](c2cccc(-c3cccc(CNC(=O)CCCCCC(=O)Nc4ccccc4N)c3)c2)O1. The second kappa shape index (κ2) is 20.1. The molecule has 0 radical (unpaired) electrons. The molecule has 2 heterocycles. The van der Waals surface area contributed by atoms with E-state index in [1.165, 1.54) is 0 Å². The van der Waals surface area contributed by atoms with Gasteiger partial charge in [0.15, 0.2) is 6.29 Å². The largest absolute Gasteiger partial charge is 0.459 e. The van der Waals surface area contributed by atoms with Crippen LogP contribution >= 0.6 is 0 Å². The van der Waals surface area contributed by atoms with Gasteiger partial charge in [0.25, 0.3) is 0 Å². The van der Waals surface area contributed by atoms with Gasteiger partial charge in [0, 0.05) is 37.9 Å². The molecule has 308 valence electrons. The number of carbonyl (C=O) groups is 3. The Hall–Kier alpha value is -5.07. The fourth-order valence-electron chi connectivity index (χ4n) is 7.56. The first-order valence-electron chi connectivity index (χ1n) is 20.5. The first kappa shape index (κ1) is 42.5. The van der Waals surface area contributed by atoms with Crippen molar-refractivity contribution in [2.45, 2.75) is 115 Å². The van der Waals surface area contributed by atoms with Crippen LogP contribution in [0.5, 0.6) is 0 Å². The fraction of sp³-hybridized carbons (Fsp3) is 0.426. The number of nitrogens with two attached hydrogens (primary N) is 1. The second-order valence-corrected chi connectivity index (χ2v) is 16.3. The molecule has 0 aromatic heterocycles. The Kier molecular flexibility index (Phi) is 14.7. The molecule has 6 rings (SSSR count). The van der Waals surface area contributed by atoms with Gasteiger partial charge < -0.3 is 35.7 Å². The van der Waals surface area contributed by atoms with Crippen LogP contribution in [0.1, 0.15) is 107 Å². The predicted molar refractivity (Wildman–Crippen MR) is 225 cm³/mol. The Balaban J connectivity index is 1.06. The molecule has 11 heteroatoms. The van der Waals surface area contributed by atoms with Gasteiger partial charge in [-0.05, 0) is 105 Å². The molecule has 11 nitrogen and oxygen atoms in total. The minimum Gasteiger partial charge on any atom is -0.459 e. The maximum Gasteiger partial charge on any atom is 0.323 e. The van der Waals surface area contributed by atoms with Crippen LogP contribution in [0.25, 0.3) is 11.1 Å². The first-order chi connectivity index (χ1) is 27.9. The lowest BCUT2D eigenvalue weighted by atomic mass is 9.98. The Morgan fingerprint density at radius 2 is 1.55 bits per heavy atom. The van der Waals surface area contributed by atoms with Crippen molar-refractivity contribution >= 4 is 29.2 Å². The average Bonchev–Trinajstić information content (AvgIpc) is 3.68. The maximum absolute atomic E-state index is 13.2.